The van der Waals surface area contributed by atoms with Crippen molar-refractivity contribution >= 4 is 17.6 Å². The second-order valence-electron chi connectivity index (χ2n) is 4.04. The van der Waals surface area contributed by atoms with Crippen molar-refractivity contribution in [1.29, 1.82) is 0 Å². The minimum absolute atomic E-state index is 0.127. The summed E-state index contributed by atoms with van der Waals surface area (Å²) in [6, 6.07) is 10.8. The maximum absolute atomic E-state index is 11.2. The van der Waals surface area contributed by atoms with Gasteiger partial charge in [-0.25, -0.2) is 4.98 Å². The van der Waals surface area contributed by atoms with E-state index in [0.717, 1.165) is 5.56 Å². The zero-order valence-corrected chi connectivity index (χ0v) is 11.4. The normalized spacial score (nSPS) is 13.1. The van der Waals surface area contributed by atoms with Gasteiger partial charge in [-0.1, -0.05) is 47.2 Å². The molecule has 0 spiro atoms. The molecular weight excluding hydrogens is 276 g/mol. The molecule has 7 heteroatoms. The molecule has 0 saturated carbocycles. The average molecular weight is 290 g/mol. The highest BCUT2D eigenvalue weighted by Gasteiger charge is 2.17. The predicted octanol–water partition coefficient (Wildman–Crippen LogP) is 1.39. The third-order valence-electron chi connectivity index (χ3n) is 2.71. The van der Waals surface area contributed by atoms with Crippen LogP contribution >= 0.6 is 11.8 Å². The SMILES string of the molecule is NC(=NO)C(CSc1nccc(=O)[nH]1)c1ccccc1. The maximum atomic E-state index is 11.2. The molecule has 0 fully saturated rings. The Labute approximate surface area is 119 Å². The predicted molar refractivity (Wildman–Crippen MR) is 78.2 cm³/mol. The van der Waals surface area contributed by atoms with Gasteiger partial charge in [0.1, 0.15) is 5.84 Å². The van der Waals surface area contributed by atoms with Crippen molar-refractivity contribution in [3.8, 4) is 0 Å². The summed E-state index contributed by atoms with van der Waals surface area (Å²) in [4.78, 5) is 17.9. The summed E-state index contributed by atoms with van der Waals surface area (Å²) in [6.07, 6.45) is 1.45. The number of thioether (sulfide) groups is 1. The lowest BCUT2D eigenvalue weighted by Crippen LogP contribution is -2.24. The first-order chi connectivity index (χ1) is 9.70. The van der Waals surface area contributed by atoms with Crippen LogP contribution in [0.1, 0.15) is 11.5 Å². The number of nitrogens with two attached hydrogens (primary N) is 1. The summed E-state index contributed by atoms with van der Waals surface area (Å²) in [5.41, 5.74) is 6.47. The first kappa shape index (κ1) is 14.1. The molecule has 6 nitrogen and oxygen atoms in total. The van der Waals surface area contributed by atoms with E-state index in [1.54, 1.807) is 0 Å². The molecule has 1 heterocycles. The van der Waals surface area contributed by atoms with Gasteiger partial charge in [-0.15, -0.1) is 0 Å². The lowest BCUT2D eigenvalue weighted by atomic mass is 10.0. The highest BCUT2D eigenvalue weighted by Crippen LogP contribution is 2.23. The number of aromatic amines is 1. The lowest BCUT2D eigenvalue weighted by molar-refractivity contribution is 0.316. The van der Waals surface area contributed by atoms with E-state index in [-0.39, 0.29) is 17.3 Å². The number of aromatic nitrogens is 2. The van der Waals surface area contributed by atoms with E-state index in [9.17, 15) is 4.79 Å². The van der Waals surface area contributed by atoms with Gasteiger partial charge >= 0.3 is 0 Å². The number of amidine groups is 1. The summed E-state index contributed by atoms with van der Waals surface area (Å²) in [5, 5.41) is 12.5. The second kappa shape index (κ2) is 6.76. The number of hydrogen-bond donors (Lipinski definition) is 3. The quantitative estimate of drug-likeness (QED) is 0.193. The molecule has 20 heavy (non-hydrogen) atoms. The van der Waals surface area contributed by atoms with E-state index in [1.807, 2.05) is 30.3 Å². The minimum atomic E-state index is -0.253. The molecule has 0 aliphatic heterocycles. The van der Waals surface area contributed by atoms with Crippen molar-refractivity contribution in [1.82, 2.24) is 9.97 Å². The molecule has 0 aliphatic carbocycles. The van der Waals surface area contributed by atoms with Crippen molar-refractivity contribution in [3.05, 3.63) is 58.5 Å². The van der Waals surface area contributed by atoms with Gasteiger partial charge in [0.2, 0.25) is 0 Å². The van der Waals surface area contributed by atoms with Crippen molar-refractivity contribution < 1.29 is 5.21 Å². The van der Waals surface area contributed by atoms with Crippen LogP contribution in [0.3, 0.4) is 0 Å². The van der Waals surface area contributed by atoms with E-state index in [0.29, 0.717) is 10.9 Å². The Morgan fingerprint density at radius 2 is 2.15 bits per heavy atom. The van der Waals surface area contributed by atoms with Crippen molar-refractivity contribution in [3.63, 3.8) is 0 Å². The fourth-order valence-electron chi connectivity index (χ4n) is 1.70. The van der Waals surface area contributed by atoms with Crippen molar-refractivity contribution in [2.75, 3.05) is 5.75 Å². The number of nitrogens with zero attached hydrogens (tertiary/aromatic N) is 2. The molecule has 2 aromatic rings. The number of nitrogens with one attached hydrogen (secondary N) is 1. The molecule has 0 bridgehead atoms. The molecule has 4 N–H and O–H groups in total. The minimum Gasteiger partial charge on any atom is -0.409 e. The Balaban J connectivity index is 2.15. The molecule has 0 saturated heterocycles. The van der Waals surface area contributed by atoms with Crippen LogP contribution in [-0.4, -0.2) is 26.8 Å². The average Bonchev–Trinajstić information content (AvgIpc) is 2.48. The number of oxime groups is 1. The molecule has 2 rings (SSSR count). The Morgan fingerprint density at radius 1 is 1.40 bits per heavy atom. The molecule has 0 amide bonds. The molecule has 104 valence electrons. The van der Waals surface area contributed by atoms with Gasteiger partial charge in [-0.2, -0.15) is 0 Å². The Kier molecular flexibility index (Phi) is 4.78. The van der Waals surface area contributed by atoms with Gasteiger partial charge in [0, 0.05) is 18.0 Å². The van der Waals surface area contributed by atoms with Gasteiger partial charge < -0.3 is 15.9 Å². The van der Waals surface area contributed by atoms with Crippen LogP contribution in [0.2, 0.25) is 0 Å². The third kappa shape index (κ3) is 3.61. The number of benzene rings is 1. The van der Waals surface area contributed by atoms with Crippen LogP contribution in [-0.2, 0) is 0 Å². The maximum Gasteiger partial charge on any atom is 0.251 e. The highest BCUT2D eigenvalue weighted by atomic mass is 32.2. The van der Waals surface area contributed by atoms with Gasteiger partial charge in [0.15, 0.2) is 5.16 Å². The molecule has 1 unspecified atom stereocenters. The van der Waals surface area contributed by atoms with Gasteiger partial charge in [0.05, 0.1) is 5.92 Å². The van der Waals surface area contributed by atoms with Crippen LogP contribution < -0.4 is 11.3 Å². The monoisotopic (exact) mass is 290 g/mol. The first-order valence-electron chi connectivity index (χ1n) is 5.91. The zero-order valence-electron chi connectivity index (χ0n) is 10.6. The van der Waals surface area contributed by atoms with Crippen LogP contribution in [0, 0.1) is 0 Å². The van der Waals surface area contributed by atoms with Gasteiger partial charge in [-0.05, 0) is 5.56 Å². The second-order valence-corrected chi connectivity index (χ2v) is 5.05. The molecule has 0 aliphatic rings. The summed E-state index contributed by atoms with van der Waals surface area (Å²) >= 11 is 1.34. The van der Waals surface area contributed by atoms with Gasteiger partial charge in [-0.3, -0.25) is 4.79 Å². The Hall–Kier alpha value is -2.28. The fraction of sp³-hybridized carbons (Fsp3) is 0.154. The topological polar surface area (TPSA) is 104 Å². The zero-order chi connectivity index (χ0) is 14.4. The fourth-order valence-corrected chi connectivity index (χ4v) is 2.69. The van der Waals surface area contributed by atoms with E-state index < -0.39 is 0 Å². The summed E-state index contributed by atoms with van der Waals surface area (Å²) in [5.74, 6) is 0.381. The van der Waals surface area contributed by atoms with Crippen LogP contribution in [0.25, 0.3) is 0 Å². The van der Waals surface area contributed by atoms with Crippen molar-refractivity contribution in [2.45, 2.75) is 11.1 Å². The van der Waals surface area contributed by atoms with Crippen LogP contribution in [0.4, 0.5) is 0 Å². The number of H-pyrrole nitrogens is 1. The molecule has 1 atom stereocenters. The number of rotatable bonds is 5. The third-order valence-corrected chi connectivity index (χ3v) is 3.69. The molecule has 1 aromatic carbocycles. The Morgan fingerprint density at radius 3 is 2.80 bits per heavy atom. The summed E-state index contributed by atoms with van der Waals surface area (Å²) in [7, 11) is 0. The molecule has 0 radical (unpaired) electrons. The molecular formula is C13H14N4O2S. The van der Waals surface area contributed by atoms with Crippen LogP contribution in [0.15, 0.2) is 57.7 Å². The smallest absolute Gasteiger partial charge is 0.251 e. The van der Waals surface area contributed by atoms with E-state index in [1.165, 1.54) is 24.0 Å². The lowest BCUT2D eigenvalue weighted by Gasteiger charge is -2.14. The van der Waals surface area contributed by atoms with Crippen LogP contribution in [0.5, 0.6) is 0 Å². The first-order valence-corrected chi connectivity index (χ1v) is 6.89. The Bertz CT molecular complexity index is 642. The van der Waals surface area contributed by atoms with Crippen molar-refractivity contribution in [2.24, 2.45) is 10.9 Å². The van der Waals surface area contributed by atoms with E-state index in [4.69, 9.17) is 10.9 Å². The molecule has 1 aromatic heterocycles. The van der Waals surface area contributed by atoms with E-state index in [2.05, 4.69) is 15.1 Å². The van der Waals surface area contributed by atoms with E-state index >= 15 is 0 Å². The standard InChI is InChI=1S/C13H14N4O2S/c14-12(17-19)10(9-4-2-1-3-5-9)8-20-13-15-7-6-11(18)16-13/h1-7,10,19H,8H2,(H2,14,17)(H,15,16,18). The highest BCUT2D eigenvalue weighted by molar-refractivity contribution is 7.99. The number of hydrogen-bond acceptors (Lipinski definition) is 5. The summed E-state index contributed by atoms with van der Waals surface area (Å²) < 4.78 is 0. The summed E-state index contributed by atoms with van der Waals surface area (Å²) in [6.45, 7) is 0. The largest absolute Gasteiger partial charge is 0.409 e. The van der Waals surface area contributed by atoms with Gasteiger partial charge in [0.25, 0.3) is 5.56 Å².